The van der Waals surface area contributed by atoms with E-state index in [4.69, 9.17) is 0 Å². The average molecular weight is 652 g/mol. The molecule has 0 bridgehead atoms. The van der Waals surface area contributed by atoms with Crippen LogP contribution in [0.2, 0.25) is 0 Å². The van der Waals surface area contributed by atoms with Crippen LogP contribution in [0, 0.1) is 0 Å². The number of benzene rings is 2. The Balaban J connectivity index is 1.79. The molecule has 1 aromatic heterocycles. The minimum atomic E-state index is -5.10. The van der Waals surface area contributed by atoms with Gasteiger partial charge in [0.15, 0.2) is 0 Å². The second-order valence-corrected chi connectivity index (χ2v) is 10.7. The first-order valence-corrected chi connectivity index (χ1v) is 13.8. The molecule has 0 N–H and O–H groups in total. The van der Waals surface area contributed by atoms with Crippen LogP contribution in [-0.4, -0.2) is 62.1 Å². The predicted molar refractivity (Wildman–Crippen MR) is 143 cm³/mol. The molecule has 246 valence electrons. The van der Waals surface area contributed by atoms with Crippen molar-refractivity contribution in [3.05, 3.63) is 69.8 Å². The zero-order valence-electron chi connectivity index (χ0n) is 24.4. The molecule has 0 aliphatic carbocycles. The first kappa shape index (κ1) is 34.0. The smallest absolute Gasteiger partial charge is 0.340 e. The molecule has 1 saturated heterocycles. The van der Waals surface area contributed by atoms with E-state index < -0.39 is 59.9 Å². The topological polar surface area (TPSA) is 70.4 Å². The normalized spacial score (nSPS) is 15.8. The highest BCUT2D eigenvalue weighted by Crippen LogP contribution is 2.38. The average Bonchev–Trinajstić information content (AvgIpc) is 3.38. The van der Waals surface area contributed by atoms with E-state index in [1.54, 1.807) is 4.90 Å². The Bertz CT molecular complexity index is 1460. The van der Waals surface area contributed by atoms with Crippen LogP contribution in [0.5, 0.6) is 0 Å². The number of piperazine rings is 1. The van der Waals surface area contributed by atoms with Crippen LogP contribution < -0.4 is 4.90 Å². The molecule has 1 aliphatic rings. The Morgan fingerprint density at radius 2 is 1.42 bits per heavy atom. The number of hydrogen-bond acceptors (Lipinski definition) is 6. The van der Waals surface area contributed by atoms with Crippen molar-refractivity contribution in [3.63, 3.8) is 0 Å². The van der Waals surface area contributed by atoms with E-state index in [1.165, 1.54) is 24.9 Å². The molecule has 2 aromatic carbocycles. The summed E-state index contributed by atoms with van der Waals surface area (Å²) in [6, 6.07) is 3.87. The number of halogens is 9. The van der Waals surface area contributed by atoms with Gasteiger partial charge in [-0.1, -0.05) is 18.1 Å². The number of tetrazole rings is 1. The number of amides is 1. The van der Waals surface area contributed by atoms with Gasteiger partial charge in [0.2, 0.25) is 5.91 Å². The molecule has 45 heavy (non-hydrogen) atoms. The second kappa shape index (κ2) is 12.8. The number of aromatic nitrogens is 4. The molecule has 0 saturated carbocycles. The molecule has 0 radical (unpaired) electrons. The minimum Gasteiger partial charge on any atom is -0.340 e. The third kappa shape index (κ3) is 8.23. The fraction of sp³-hybridized carbons (Fsp3) is 0.500. The van der Waals surface area contributed by atoms with Crippen LogP contribution in [-0.2, 0) is 43.5 Å². The Hall–Kier alpha value is -3.89. The summed E-state index contributed by atoms with van der Waals surface area (Å²) in [7, 11) is 1.38. The highest BCUT2D eigenvalue weighted by molar-refractivity contribution is 5.73. The van der Waals surface area contributed by atoms with Crippen LogP contribution in [0.15, 0.2) is 36.4 Å². The molecular weight excluding hydrogens is 621 g/mol. The summed E-state index contributed by atoms with van der Waals surface area (Å²) in [6.07, 6.45) is -14.5. The summed E-state index contributed by atoms with van der Waals surface area (Å²) in [5.41, 5.74) is -3.85. The fourth-order valence-corrected chi connectivity index (χ4v) is 5.40. The molecule has 1 amide bonds. The van der Waals surface area contributed by atoms with Crippen LogP contribution >= 0.6 is 0 Å². The quantitative estimate of drug-likeness (QED) is 0.275. The number of rotatable bonds is 8. The van der Waals surface area contributed by atoms with Crippen LogP contribution in [0.25, 0.3) is 0 Å². The summed E-state index contributed by atoms with van der Waals surface area (Å²) in [6.45, 7) is 3.99. The summed E-state index contributed by atoms with van der Waals surface area (Å²) in [5, 5.41) is 11.6. The molecule has 4 rings (SSSR count). The molecule has 1 atom stereocenters. The zero-order chi connectivity index (χ0) is 33.3. The number of hydrogen-bond donors (Lipinski definition) is 0. The third-order valence-corrected chi connectivity index (χ3v) is 7.58. The lowest BCUT2D eigenvalue weighted by molar-refractivity contribution is -0.143. The maximum Gasteiger partial charge on any atom is 0.416 e. The van der Waals surface area contributed by atoms with E-state index in [9.17, 15) is 44.3 Å². The van der Waals surface area contributed by atoms with Gasteiger partial charge in [0.05, 0.1) is 23.7 Å². The van der Waals surface area contributed by atoms with Crippen LogP contribution in [0.1, 0.15) is 59.7 Å². The van der Waals surface area contributed by atoms with Gasteiger partial charge in [-0.15, -0.1) is 5.10 Å². The molecule has 17 heteroatoms. The summed E-state index contributed by atoms with van der Waals surface area (Å²) in [5.74, 6) is -0.316. The lowest BCUT2D eigenvalue weighted by atomic mass is 9.93. The van der Waals surface area contributed by atoms with Crippen molar-refractivity contribution in [1.29, 1.82) is 0 Å². The van der Waals surface area contributed by atoms with Gasteiger partial charge in [-0.3, -0.25) is 9.69 Å². The second-order valence-electron chi connectivity index (χ2n) is 10.7. The predicted octanol–water partition coefficient (Wildman–Crippen LogP) is 6.09. The molecule has 3 aromatic rings. The Kier molecular flexibility index (Phi) is 9.70. The minimum absolute atomic E-state index is 0.00296. The maximum atomic E-state index is 13.9. The first-order chi connectivity index (χ1) is 20.9. The van der Waals surface area contributed by atoms with Crippen molar-refractivity contribution >= 4 is 11.9 Å². The van der Waals surface area contributed by atoms with E-state index in [0.29, 0.717) is 50.3 Å². The molecule has 1 unspecified atom stereocenters. The summed E-state index contributed by atoms with van der Waals surface area (Å²) < 4.78 is 123. The molecule has 2 heterocycles. The van der Waals surface area contributed by atoms with E-state index in [0.717, 1.165) is 16.9 Å². The van der Waals surface area contributed by atoms with Crippen molar-refractivity contribution in [3.8, 4) is 0 Å². The molecular formula is C28H30F9N7O. The maximum absolute atomic E-state index is 13.9. The number of carbonyl (C=O) groups excluding carboxylic acids is 1. The van der Waals surface area contributed by atoms with Crippen molar-refractivity contribution in [1.82, 2.24) is 30.0 Å². The van der Waals surface area contributed by atoms with Crippen LogP contribution in [0.4, 0.5) is 45.5 Å². The van der Waals surface area contributed by atoms with Gasteiger partial charge < -0.3 is 9.80 Å². The van der Waals surface area contributed by atoms with Gasteiger partial charge in [0.25, 0.3) is 5.95 Å². The standard InChI is InChI=1S/C28H30F9N7O/c1-4-24(43-9-7-42(8-10-43)17(2)45)23-6-5-20(26(29,30)31)13-19(23)16-44(25-38-40-41(3)39-25)15-18-11-21(27(32,33)34)14-22(12-18)28(35,36)37/h5-6,11-14,24H,4,7-10,15-16H2,1-3H3. The lowest BCUT2D eigenvalue weighted by Gasteiger charge is -2.40. The molecule has 1 aliphatic heterocycles. The van der Waals surface area contributed by atoms with Crippen molar-refractivity contribution in [2.75, 3.05) is 31.1 Å². The van der Waals surface area contributed by atoms with Gasteiger partial charge in [-0.25, -0.2) is 0 Å². The zero-order valence-corrected chi connectivity index (χ0v) is 24.4. The van der Waals surface area contributed by atoms with E-state index in [1.807, 2.05) is 11.8 Å². The van der Waals surface area contributed by atoms with Gasteiger partial charge >= 0.3 is 18.5 Å². The van der Waals surface area contributed by atoms with E-state index in [-0.39, 0.29) is 23.5 Å². The van der Waals surface area contributed by atoms with E-state index >= 15 is 0 Å². The molecule has 0 spiro atoms. The SMILES string of the molecule is CCC(c1ccc(C(F)(F)F)cc1CN(Cc1cc(C(F)(F)F)cc(C(F)(F)F)c1)c1nnn(C)n1)N1CCN(C(C)=O)CC1. The van der Waals surface area contributed by atoms with Gasteiger partial charge in [-0.2, -0.15) is 44.3 Å². The Morgan fingerprint density at radius 3 is 1.89 bits per heavy atom. The lowest BCUT2D eigenvalue weighted by Crippen LogP contribution is -2.49. The number of aryl methyl sites for hydroxylation is 1. The van der Waals surface area contributed by atoms with Gasteiger partial charge in [0, 0.05) is 52.2 Å². The Labute approximate surface area is 252 Å². The van der Waals surface area contributed by atoms with Gasteiger partial charge in [0.1, 0.15) is 0 Å². The summed E-state index contributed by atoms with van der Waals surface area (Å²) in [4.78, 5) is 17.7. The highest BCUT2D eigenvalue weighted by atomic mass is 19.4. The van der Waals surface area contributed by atoms with Crippen molar-refractivity contribution in [2.24, 2.45) is 7.05 Å². The largest absolute Gasteiger partial charge is 0.416 e. The molecule has 8 nitrogen and oxygen atoms in total. The summed E-state index contributed by atoms with van der Waals surface area (Å²) >= 11 is 0. The van der Waals surface area contributed by atoms with Crippen LogP contribution in [0.3, 0.4) is 0 Å². The van der Waals surface area contributed by atoms with Crippen molar-refractivity contribution < 1.29 is 44.3 Å². The number of carbonyl (C=O) groups is 1. The number of alkyl halides is 9. The van der Waals surface area contributed by atoms with Crippen molar-refractivity contribution in [2.45, 2.75) is 57.9 Å². The molecule has 1 fully saturated rings. The monoisotopic (exact) mass is 651 g/mol. The van der Waals surface area contributed by atoms with E-state index in [2.05, 4.69) is 15.4 Å². The number of nitrogens with zero attached hydrogens (tertiary/aromatic N) is 7. The number of anilines is 1. The van der Waals surface area contributed by atoms with Gasteiger partial charge in [-0.05, 0) is 58.7 Å². The highest BCUT2D eigenvalue weighted by Gasteiger charge is 2.38. The first-order valence-electron chi connectivity index (χ1n) is 13.8. The third-order valence-electron chi connectivity index (χ3n) is 7.58. The Morgan fingerprint density at radius 1 is 0.844 bits per heavy atom. The fourth-order valence-electron chi connectivity index (χ4n) is 5.40.